The average Bonchev–Trinajstić information content (AvgIpc) is 2.52. The van der Waals surface area contributed by atoms with Crippen molar-refractivity contribution < 1.29 is 0 Å². The van der Waals surface area contributed by atoms with Crippen LogP contribution in [-0.2, 0) is 6.54 Å². The Balaban J connectivity index is 2.13. The van der Waals surface area contributed by atoms with Crippen LogP contribution >= 0.6 is 27.3 Å². The summed E-state index contributed by atoms with van der Waals surface area (Å²) < 4.78 is 1.23. The van der Waals surface area contributed by atoms with Gasteiger partial charge in [0.25, 0.3) is 0 Å². The van der Waals surface area contributed by atoms with E-state index in [0.29, 0.717) is 6.42 Å². The number of halogens is 1. The minimum atomic E-state index is 0.672. The zero-order valence-corrected chi connectivity index (χ0v) is 11.2. The molecule has 0 atom stereocenters. The molecule has 0 fully saturated rings. The van der Waals surface area contributed by atoms with Gasteiger partial charge in [-0.3, -0.25) is 0 Å². The fourth-order valence-corrected chi connectivity index (χ4v) is 2.87. The van der Waals surface area contributed by atoms with Crippen LogP contribution in [0.25, 0.3) is 0 Å². The molecule has 0 aliphatic heterocycles. The molecule has 2 nitrogen and oxygen atoms in total. The summed E-state index contributed by atoms with van der Waals surface area (Å²) in [6.07, 6.45) is 2.75. The second-order valence-electron chi connectivity index (χ2n) is 3.46. The van der Waals surface area contributed by atoms with Crippen LogP contribution in [0.3, 0.4) is 0 Å². The highest BCUT2D eigenvalue weighted by molar-refractivity contribution is 9.11. The lowest BCUT2D eigenvalue weighted by atomic mass is 10.2. The van der Waals surface area contributed by atoms with Crippen LogP contribution < -0.4 is 5.32 Å². The second-order valence-corrected chi connectivity index (χ2v) is 5.92. The summed E-state index contributed by atoms with van der Waals surface area (Å²) in [5, 5.41) is 11.7. The minimum Gasteiger partial charge on any atom is -0.312 e. The summed E-state index contributed by atoms with van der Waals surface area (Å²) in [5.41, 5.74) is 1.31. The van der Waals surface area contributed by atoms with Crippen molar-refractivity contribution in [1.29, 1.82) is 5.26 Å². The van der Waals surface area contributed by atoms with Gasteiger partial charge in [0, 0.05) is 17.8 Å². The fourth-order valence-electron chi connectivity index (χ4n) is 1.28. The van der Waals surface area contributed by atoms with Gasteiger partial charge in [0.1, 0.15) is 0 Å². The van der Waals surface area contributed by atoms with Gasteiger partial charge in [-0.25, -0.2) is 0 Å². The first-order valence-corrected chi connectivity index (χ1v) is 6.67. The van der Waals surface area contributed by atoms with Gasteiger partial charge in [-0.15, -0.1) is 11.3 Å². The molecule has 1 rings (SSSR count). The van der Waals surface area contributed by atoms with Crippen LogP contribution in [0.5, 0.6) is 0 Å². The fraction of sp³-hybridized carbons (Fsp3) is 0.545. The van der Waals surface area contributed by atoms with Gasteiger partial charge in [-0.2, -0.15) is 5.26 Å². The van der Waals surface area contributed by atoms with E-state index < -0.39 is 0 Å². The number of hydrogen-bond donors (Lipinski definition) is 1. The van der Waals surface area contributed by atoms with E-state index in [4.69, 9.17) is 5.26 Å². The van der Waals surface area contributed by atoms with Crippen LogP contribution in [0, 0.1) is 18.3 Å². The number of aryl methyl sites for hydroxylation is 1. The lowest BCUT2D eigenvalue weighted by Crippen LogP contribution is -2.13. The molecule has 0 unspecified atom stereocenters. The highest BCUT2D eigenvalue weighted by Crippen LogP contribution is 2.26. The summed E-state index contributed by atoms with van der Waals surface area (Å²) in [6.45, 7) is 4.04. The van der Waals surface area contributed by atoms with Gasteiger partial charge >= 0.3 is 0 Å². The number of rotatable bonds is 6. The molecule has 0 saturated heterocycles. The zero-order valence-electron chi connectivity index (χ0n) is 8.85. The Morgan fingerprint density at radius 2 is 2.33 bits per heavy atom. The molecule has 0 saturated carbocycles. The zero-order chi connectivity index (χ0) is 11.1. The van der Waals surface area contributed by atoms with Crippen LogP contribution in [0.4, 0.5) is 0 Å². The number of nitrogens with zero attached hydrogens (tertiary/aromatic N) is 1. The molecule has 0 radical (unpaired) electrons. The Morgan fingerprint density at radius 1 is 1.53 bits per heavy atom. The molecule has 1 heterocycles. The number of hydrogen-bond acceptors (Lipinski definition) is 3. The van der Waals surface area contributed by atoms with Crippen molar-refractivity contribution in [2.45, 2.75) is 32.7 Å². The third-order valence-electron chi connectivity index (χ3n) is 2.10. The minimum absolute atomic E-state index is 0.672. The molecule has 1 aromatic heterocycles. The second kappa shape index (κ2) is 7.00. The monoisotopic (exact) mass is 286 g/mol. The van der Waals surface area contributed by atoms with Crippen molar-refractivity contribution in [1.82, 2.24) is 5.32 Å². The van der Waals surface area contributed by atoms with Gasteiger partial charge in [-0.1, -0.05) is 0 Å². The summed E-state index contributed by atoms with van der Waals surface area (Å²) in [4.78, 5) is 1.36. The quantitative estimate of drug-likeness (QED) is 0.811. The highest BCUT2D eigenvalue weighted by atomic mass is 79.9. The van der Waals surface area contributed by atoms with Gasteiger partial charge in [0.2, 0.25) is 0 Å². The van der Waals surface area contributed by atoms with Crippen molar-refractivity contribution in [2.24, 2.45) is 0 Å². The van der Waals surface area contributed by atoms with Crippen molar-refractivity contribution in [3.8, 4) is 6.07 Å². The Hall–Kier alpha value is -0.370. The van der Waals surface area contributed by atoms with E-state index in [9.17, 15) is 0 Å². The maximum Gasteiger partial charge on any atom is 0.0730 e. The van der Waals surface area contributed by atoms with E-state index in [0.717, 1.165) is 25.9 Å². The first-order chi connectivity index (χ1) is 7.24. The third kappa shape index (κ3) is 4.78. The van der Waals surface area contributed by atoms with Crippen LogP contribution in [-0.4, -0.2) is 6.54 Å². The molecule has 0 bridgehead atoms. The Morgan fingerprint density at radius 3 is 2.93 bits per heavy atom. The van der Waals surface area contributed by atoms with E-state index in [1.807, 2.05) is 0 Å². The third-order valence-corrected chi connectivity index (χ3v) is 4.24. The lowest BCUT2D eigenvalue weighted by molar-refractivity contribution is 0.632. The number of nitriles is 1. The van der Waals surface area contributed by atoms with Crippen LogP contribution in [0.2, 0.25) is 0 Å². The molecular weight excluding hydrogens is 272 g/mol. The van der Waals surface area contributed by atoms with Crippen molar-refractivity contribution in [2.75, 3.05) is 6.54 Å². The summed E-state index contributed by atoms with van der Waals surface area (Å²) >= 11 is 5.30. The van der Waals surface area contributed by atoms with Crippen LogP contribution in [0.15, 0.2) is 9.85 Å². The maximum absolute atomic E-state index is 8.36. The molecule has 0 amide bonds. The summed E-state index contributed by atoms with van der Waals surface area (Å²) in [5.74, 6) is 0. The Bertz CT molecular complexity index is 321. The maximum atomic E-state index is 8.36. The Labute approximate surface area is 103 Å². The van der Waals surface area contributed by atoms with Gasteiger partial charge in [-0.05, 0) is 53.9 Å². The normalized spacial score (nSPS) is 10.2. The SMILES string of the molecule is Cc1cc(CNCCCCC#N)sc1Br. The van der Waals surface area contributed by atoms with Gasteiger partial charge in [0.15, 0.2) is 0 Å². The van der Waals surface area contributed by atoms with Gasteiger partial charge < -0.3 is 5.32 Å². The average molecular weight is 287 g/mol. The molecule has 0 aliphatic carbocycles. The molecule has 1 aromatic rings. The highest BCUT2D eigenvalue weighted by Gasteiger charge is 2.01. The van der Waals surface area contributed by atoms with E-state index in [1.54, 1.807) is 11.3 Å². The van der Waals surface area contributed by atoms with Gasteiger partial charge in [0.05, 0.1) is 9.86 Å². The van der Waals surface area contributed by atoms with E-state index >= 15 is 0 Å². The molecular formula is C11H15BrN2S. The number of nitrogens with one attached hydrogen (secondary N) is 1. The predicted molar refractivity (Wildman–Crippen MR) is 67.9 cm³/mol. The van der Waals surface area contributed by atoms with Crippen molar-refractivity contribution in [3.05, 3.63) is 20.3 Å². The number of thiophene rings is 1. The molecule has 0 spiro atoms. The summed E-state index contributed by atoms with van der Waals surface area (Å²) in [7, 11) is 0. The Kier molecular flexibility index (Phi) is 5.92. The lowest BCUT2D eigenvalue weighted by Gasteiger charge is -2.00. The van der Waals surface area contributed by atoms with E-state index in [2.05, 4.69) is 40.3 Å². The molecule has 4 heteroatoms. The largest absolute Gasteiger partial charge is 0.312 e. The smallest absolute Gasteiger partial charge is 0.0730 e. The topological polar surface area (TPSA) is 35.8 Å². The predicted octanol–water partition coefficient (Wildman–Crippen LogP) is 3.60. The first-order valence-electron chi connectivity index (χ1n) is 5.06. The molecule has 15 heavy (non-hydrogen) atoms. The summed E-state index contributed by atoms with van der Waals surface area (Å²) in [6, 6.07) is 4.36. The number of unbranched alkanes of at least 4 members (excludes halogenated alkanes) is 2. The van der Waals surface area contributed by atoms with Crippen molar-refractivity contribution >= 4 is 27.3 Å². The molecule has 0 aliphatic rings. The van der Waals surface area contributed by atoms with E-state index in [-0.39, 0.29) is 0 Å². The standard InChI is InChI=1S/C11H15BrN2S/c1-9-7-10(15-11(9)12)8-14-6-4-2-3-5-13/h7,14H,2-4,6,8H2,1H3. The molecule has 82 valence electrons. The van der Waals surface area contributed by atoms with E-state index in [1.165, 1.54) is 14.2 Å². The first kappa shape index (κ1) is 12.7. The van der Waals surface area contributed by atoms with Crippen molar-refractivity contribution in [3.63, 3.8) is 0 Å². The molecule has 0 aromatic carbocycles. The van der Waals surface area contributed by atoms with Crippen LogP contribution in [0.1, 0.15) is 29.7 Å². The molecule has 1 N–H and O–H groups in total.